The lowest BCUT2D eigenvalue weighted by Gasteiger charge is -2.19. The summed E-state index contributed by atoms with van der Waals surface area (Å²) in [6.07, 6.45) is 4.14. The third kappa shape index (κ3) is 1.58. The van der Waals surface area contributed by atoms with E-state index in [-0.39, 0.29) is 0 Å². The van der Waals surface area contributed by atoms with Gasteiger partial charge in [0, 0.05) is 11.5 Å². The van der Waals surface area contributed by atoms with Gasteiger partial charge in [-0.2, -0.15) is 0 Å². The summed E-state index contributed by atoms with van der Waals surface area (Å²) in [5, 5.41) is 2.76. The van der Waals surface area contributed by atoms with E-state index in [9.17, 15) is 0 Å². The molecule has 2 aromatic rings. The van der Waals surface area contributed by atoms with Gasteiger partial charge < -0.3 is 4.90 Å². The van der Waals surface area contributed by atoms with Crippen LogP contribution in [0.5, 0.6) is 0 Å². The van der Waals surface area contributed by atoms with Crippen LogP contribution in [0.3, 0.4) is 0 Å². The number of rotatable bonds is 2. The second-order valence-corrected chi connectivity index (χ2v) is 6.60. The second kappa shape index (κ2) is 3.83. The van der Waals surface area contributed by atoms with Crippen molar-refractivity contribution in [3.05, 3.63) is 48.0 Å². The molecule has 0 amide bonds. The van der Waals surface area contributed by atoms with E-state index in [1.54, 1.807) is 5.56 Å². The Hall–Kier alpha value is -1.34. The maximum Gasteiger partial charge on any atom is 0.0127 e. The Bertz CT molecular complexity index is 630. The highest BCUT2D eigenvalue weighted by atomic mass is 15.1. The van der Waals surface area contributed by atoms with Gasteiger partial charge in [0.25, 0.3) is 0 Å². The fourth-order valence-electron chi connectivity index (χ4n) is 4.33. The molecule has 0 N–H and O–H groups in total. The molecular formula is C18H21N. The van der Waals surface area contributed by atoms with Gasteiger partial charge in [-0.1, -0.05) is 42.5 Å². The zero-order valence-corrected chi connectivity index (χ0v) is 11.8. The molecule has 0 radical (unpaired) electrons. The van der Waals surface area contributed by atoms with Crippen molar-refractivity contribution in [3.8, 4) is 0 Å². The molecule has 98 valence electrons. The van der Waals surface area contributed by atoms with Gasteiger partial charge >= 0.3 is 0 Å². The maximum absolute atomic E-state index is 2.44. The van der Waals surface area contributed by atoms with Crippen molar-refractivity contribution in [2.24, 2.45) is 5.92 Å². The van der Waals surface area contributed by atoms with Gasteiger partial charge in [-0.15, -0.1) is 0 Å². The number of fused-ring (bicyclic) bond motifs is 2. The van der Waals surface area contributed by atoms with Crippen LogP contribution in [0.1, 0.15) is 24.8 Å². The minimum Gasteiger partial charge on any atom is -0.306 e. The smallest absolute Gasteiger partial charge is 0.0127 e. The molecule has 2 aliphatic carbocycles. The molecule has 2 aliphatic rings. The van der Waals surface area contributed by atoms with E-state index in [1.807, 2.05) is 0 Å². The minimum atomic E-state index is 0.513. The Kier molecular flexibility index (Phi) is 2.32. The molecule has 19 heavy (non-hydrogen) atoms. The third-order valence-electron chi connectivity index (χ3n) is 5.47. The van der Waals surface area contributed by atoms with Crippen molar-refractivity contribution >= 4 is 10.8 Å². The minimum absolute atomic E-state index is 0.513. The van der Waals surface area contributed by atoms with Crippen molar-refractivity contribution in [1.82, 2.24) is 4.90 Å². The van der Waals surface area contributed by atoms with Gasteiger partial charge in [0.15, 0.2) is 0 Å². The topological polar surface area (TPSA) is 3.24 Å². The predicted molar refractivity (Wildman–Crippen MR) is 80.4 cm³/mol. The van der Waals surface area contributed by atoms with Crippen LogP contribution in [0.15, 0.2) is 42.5 Å². The molecule has 0 spiro atoms. The van der Waals surface area contributed by atoms with E-state index in [0.29, 0.717) is 5.41 Å². The molecule has 2 aromatic carbocycles. The van der Waals surface area contributed by atoms with Crippen LogP contribution in [0.2, 0.25) is 0 Å². The van der Waals surface area contributed by atoms with Gasteiger partial charge in [-0.25, -0.2) is 0 Å². The monoisotopic (exact) mass is 251 g/mol. The molecule has 0 aliphatic heterocycles. The first-order valence-corrected chi connectivity index (χ1v) is 7.36. The van der Waals surface area contributed by atoms with Crippen LogP contribution >= 0.6 is 0 Å². The number of hydrogen-bond donors (Lipinski definition) is 0. The fraction of sp³-hybridized carbons (Fsp3) is 0.444. The summed E-state index contributed by atoms with van der Waals surface area (Å²) < 4.78 is 0. The Morgan fingerprint density at radius 1 is 1.05 bits per heavy atom. The zero-order valence-electron chi connectivity index (χ0n) is 11.8. The molecule has 0 bridgehead atoms. The Labute approximate surface area is 115 Å². The molecule has 3 unspecified atom stereocenters. The van der Waals surface area contributed by atoms with Crippen molar-refractivity contribution in [3.63, 3.8) is 0 Å². The third-order valence-corrected chi connectivity index (χ3v) is 5.47. The molecule has 0 saturated heterocycles. The van der Waals surface area contributed by atoms with Crippen molar-refractivity contribution < 1.29 is 0 Å². The number of nitrogens with zero attached hydrogens (tertiary/aromatic N) is 1. The summed E-state index contributed by atoms with van der Waals surface area (Å²) in [7, 11) is 4.47. The molecule has 1 heteroatoms. The highest BCUT2D eigenvalue weighted by Crippen LogP contribution is 2.65. The first-order chi connectivity index (χ1) is 9.21. The Morgan fingerprint density at radius 2 is 1.84 bits per heavy atom. The zero-order chi connectivity index (χ0) is 13.0. The number of hydrogen-bond acceptors (Lipinski definition) is 1. The molecule has 0 heterocycles. The first-order valence-electron chi connectivity index (χ1n) is 7.36. The largest absolute Gasteiger partial charge is 0.306 e. The summed E-state index contributed by atoms with van der Waals surface area (Å²) in [5.74, 6) is 0.892. The van der Waals surface area contributed by atoms with Crippen LogP contribution in [0, 0.1) is 5.92 Å². The average Bonchev–Trinajstić information content (AvgIpc) is 3.04. The highest BCUT2D eigenvalue weighted by Gasteiger charge is 2.62. The quantitative estimate of drug-likeness (QED) is 0.784. The van der Waals surface area contributed by atoms with Gasteiger partial charge in [0.05, 0.1) is 0 Å². The van der Waals surface area contributed by atoms with Crippen molar-refractivity contribution in [1.29, 1.82) is 0 Å². The predicted octanol–water partition coefficient (Wildman–Crippen LogP) is 3.82. The van der Waals surface area contributed by atoms with Crippen LogP contribution in [-0.2, 0) is 5.41 Å². The summed E-state index contributed by atoms with van der Waals surface area (Å²) >= 11 is 0. The molecule has 2 fully saturated rings. The SMILES string of the molecule is CN(C)C1CCC2(c3ccc4ccccc4c3)CC12. The molecule has 2 saturated carbocycles. The Balaban J connectivity index is 1.73. The van der Waals surface area contributed by atoms with Crippen molar-refractivity contribution in [2.45, 2.75) is 30.7 Å². The van der Waals surface area contributed by atoms with E-state index < -0.39 is 0 Å². The first kappa shape index (κ1) is 11.5. The van der Waals surface area contributed by atoms with E-state index in [4.69, 9.17) is 0 Å². The molecule has 4 rings (SSSR count). The fourth-order valence-corrected chi connectivity index (χ4v) is 4.33. The second-order valence-electron chi connectivity index (χ2n) is 6.60. The van der Waals surface area contributed by atoms with Crippen LogP contribution in [0.4, 0.5) is 0 Å². The van der Waals surface area contributed by atoms with E-state index in [2.05, 4.69) is 61.5 Å². The number of benzene rings is 2. The molecular weight excluding hydrogens is 230 g/mol. The Morgan fingerprint density at radius 3 is 2.53 bits per heavy atom. The maximum atomic E-state index is 2.44. The van der Waals surface area contributed by atoms with E-state index >= 15 is 0 Å². The van der Waals surface area contributed by atoms with Crippen LogP contribution < -0.4 is 0 Å². The van der Waals surface area contributed by atoms with Gasteiger partial charge in [-0.05, 0) is 55.6 Å². The molecule has 3 atom stereocenters. The van der Waals surface area contributed by atoms with E-state index in [1.165, 1.54) is 30.0 Å². The molecule has 1 nitrogen and oxygen atoms in total. The van der Waals surface area contributed by atoms with Gasteiger partial charge in [-0.3, -0.25) is 0 Å². The standard InChI is InChI=1S/C18H21N/c1-19(2)17-9-10-18(12-16(17)18)15-8-7-13-5-3-4-6-14(13)11-15/h3-8,11,16-17H,9-10,12H2,1-2H3. The summed E-state index contributed by atoms with van der Waals surface area (Å²) in [5.41, 5.74) is 2.10. The van der Waals surface area contributed by atoms with Gasteiger partial charge in [0.2, 0.25) is 0 Å². The highest BCUT2D eigenvalue weighted by molar-refractivity contribution is 5.83. The van der Waals surface area contributed by atoms with E-state index in [0.717, 1.165) is 12.0 Å². The average molecular weight is 251 g/mol. The summed E-state index contributed by atoms with van der Waals surface area (Å²) in [6, 6.07) is 16.6. The lowest BCUT2D eigenvalue weighted by atomic mass is 9.91. The summed E-state index contributed by atoms with van der Waals surface area (Å²) in [6.45, 7) is 0. The lowest BCUT2D eigenvalue weighted by molar-refractivity contribution is 0.271. The normalized spacial score (nSPS) is 32.8. The van der Waals surface area contributed by atoms with Crippen LogP contribution in [-0.4, -0.2) is 25.0 Å². The lowest BCUT2D eigenvalue weighted by Crippen LogP contribution is -2.27. The van der Waals surface area contributed by atoms with Gasteiger partial charge in [0.1, 0.15) is 0 Å². The molecule has 0 aromatic heterocycles. The van der Waals surface area contributed by atoms with Crippen LogP contribution in [0.25, 0.3) is 10.8 Å². The van der Waals surface area contributed by atoms with Crippen molar-refractivity contribution in [2.75, 3.05) is 14.1 Å². The summed E-state index contributed by atoms with van der Waals surface area (Å²) in [4.78, 5) is 2.43.